The summed E-state index contributed by atoms with van der Waals surface area (Å²) in [6, 6.07) is 8.08. The Bertz CT molecular complexity index is 408. The fourth-order valence-electron chi connectivity index (χ4n) is 1.71. The molecule has 0 fully saturated rings. The molecule has 2 N–H and O–H groups in total. The molecule has 1 unspecified atom stereocenters. The molecule has 1 aliphatic rings. The minimum Gasteiger partial charge on any atom is -0.463 e. The van der Waals surface area contributed by atoms with Gasteiger partial charge in [0.15, 0.2) is 0 Å². The summed E-state index contributed by atoms with van der Waals surface area (Å²) in [5.74, 6) is 0. The minimum atomic E-state index is 0.0845. The van der Waals surface area contributed by atoms with E-state index in [2.05, 4.69) is 9.89 Å². The standard InChI is InChI=1S/C11H14ClN3O/c1-15(6-8-7-16-11(13)14-8)10-5-3-2-4-9(10)12/h2-5,8H,6-7H2,1H3,(H2,13,14). The van der Waals surface area contributed by atoms with Crippen LogP contribution in [0, 0.1) is 0 Å². The minimum absolute atomic E-state index is 0.0845. The van der Waals surface area contributed by atoms with Gasteiger partial charge in [0.2, 0.25) is 0 Å². The van der Waals surface area contributed by atoms with Gasteiger partial charge < -0.3 is 15.4 Å². The van der Waals surface area contributed by atoms with Crippen LogP contribution in [0.2, 0.25) is 5.02 Å². The third-order valence-electron chi connectivity index (χ3n) is 2.48. The van der Waals surface area contributed by atoms with Crippen LogP contribution < -0.4 is 10.6 Å². The number of likely N-dealkylation sites (N-methyl/N-ethyl adjacent to an activating group) is 1. The van der Waals surface area contributed by atoms with Gasteiger partial charge in [-0.25, -0.2) is 4.99 Å². The van der Waals surface area contributed by atoms with Crippen molar-refractivity contribution in [2.75, 3.05) is 25.1 Å². The fraction of sp³-hybridized carbons (Fsp3) is 0.364. The summed E-state index contributed by atoms with van der Waals surface area (Å²) in [5, 5.41) is 0.737. The van der Waals surface area contributed by atoms with Crippen molar-refractivity contribution < 1.29 is 4.74 Å². The van der Waals surface area contributed by atoms with Crippen LogP contribution in [0.4, 0.5) is 5.69 Å². The zero-order valence-electron chi connectivity index (χ0n) is 9.06. The largest absolute Gasteiger partial charge is 0.463 e. The molecular formula is C11H14ClN3O. The van der Waals surface area contributed by atoms with E-state index in [9.17, 15) is 0 Å². The lowest BCUT2D eigenvalue weighted by Gasteiger charge is -2.21. The lowest BCUT2D eigenvalue weighted by molar-refractivity contribution is 0.314. The van der Waals surface area contributed by atoms with E-state index in [0.29, 0.717) is 6.61 Å². The first-order valence-corrected chi connectivity index (χ1v) is 5.46. The summed E-state index contributed by atoms with van der Waals surface area (Å²) in [5.41, 5.74) is 6.44. The van der Waals surface area contributed by atoms with E-state index < -0.39 is 0 Å². The van der Waals surface area contributed by atoms with Gasteiger partial charge in [0.25, 0.3) is 6.02 Å². The number of hydrogen-bond acceptors (Lipinski definition) is 4. The smallest absolute Gasteiger partial charge is 0.282 e. The number of rotatable bonds is 3. The lowest BCUT2D eigenvalue weighted by atomic mass is 10.2. The second kappa shape index (κ2) is 4.61. The van der Waals surface area contributed by atoms with Crippen LogP contribution in [0.1, 0.15) is 0 Å². The van der Waals surface area contributed by atoms with Gasteiger partial charge in [-0.05, 0) is 12.1 Å². The van der Waals surface area contributed by atoms with Gasteiger partial charge in [-0.15, -0.1) is 0 Å². The van der Waals surface area contributed by atoms with Gasteiger partial charge in [-0.3, -0.25) is 0 Å². The molecule has 4 nitrogen and oxygen atoms in total. The molecule has 0 amide bonds. The van der Waals surface area contributed by atoms with E-state index in [0.717, 1.165) is 17.3 Å². The number of ether oxygens (including phenoxy) is 1. The Kier molecular flexibility index (Phi) is 3.19. The van der Waals surface area contributed by atoms with Gasteiger partial charge in [-0.2, -0.15) is 0 Å². The molecule has 1 atom stereocenters. The molecule has 2 rings (SSSR count). The Morgan fingerprint density at radius 1 is 1.56 bits per heavy atom. The number of amidine groups is 1. The van der Waals surface area contributed by atoms with Gasteiger partial charge >= 0.3 is 0 Å². The molecule has 0 spiro atoms. The molecule has 0 bridgehead atoms. The average molecular weight is 240 g/mol. The van der Waals surface area contributed by atoms with E-state index in [-0.39, 0.29) is 12.1 Å². The first kappa shape index (κ1) is 11.1. The average Bonchev–Trinajstić information content (AvgIpc) is 2.64. The summed E-state index contributed by atoms with van der Waals surface area (Å²) in [6.07, 6.45) is 0. The highest BCUT2D eigenvalue weighted by atomic mass is 35.5. The highest BCUT2D eigenvalue weighted by Crippen LogP contribution is 2.24. The van der Waals surface area contributed by atoms with Crippen LogP contribution in [0.25, 0.3) is 0 Å². The monoisotopic (exact) mass is 239 g/mol. The maximum atomic E-state index is 6.10. The third kappa shape index (κ3) is 2.39. The first-order chi connectivity index (χ1) is 7.66. The SMILES string of the molecule is CN(CC1COC(N)=N1)c1ccccc1Cl. The van der Waals surface area contributed by atoms with E-state index in [1.165, 1.54) is 0 Å². The number of nitrogens with two attached hydrogens (primary N) is 1. The molecule has 0 radical (unpaired) electrons. The van der Waals surface area contributed by atoms with Crippen LogP contribution in [-0.2, 0) is 4.74 Å². The highest BCUT2D eigenvalue weighted by Gasteiger charge is 2.19. The number of nitrogens with zero attached hydrogens (tertiary/aromatic N) is 2. The van der Waals surface area contributed by atoms with E-state index in [1.807, 2.05) is 31.3 Å². The lowest BCUT2D eigenvalue weighted by Crippen LogP contribution is -2.28. The van der Waals surface area contributed by atoms with Crippen molar-refractivity contribution in [3.05, 3.63) is 29.3 Å². The summed E-state index contributed by atoms with van der Waals surface area (Å²) in [4.78, 5) is 6.23. The Morgan fingerprint density at radius 3 is 2.94 bits per heavy atom. The van der Waals surface area contributed by atoms with Crippen molar-refractivity contribution in [3.8, 4) is 0 Å². The van der Waals surface area contributed by atoms with Crippen molar-refractivity contribution in [1.29, 1.82) is 0 Å². The number of benzene rings is 1. The van der Waals surface area contributed by atoms with E-state index in [1.54, 1.807) is 0 Å². The zero-order chi connectivity index (χ0) is 11.5. The number of anilines is 1. The topological polar surface area (TPSA) is 50.9 Å². The fourth-order valence-corrected chi connectivity index (χ4v) is 1.99. The molecule has 16 heavy (non-hydrogen) atoms. The Hall–Kier alpha value is -1.42. The molecule has 5 heteroatoms. The quantitative estimate of drug-likeness (QED) is 0.870. The van der Waals surface area contributed by atoms with Crippen molar-refractivity contribution in [2.45, 2.75) is 6.04 Å². The summed E-state index contributed by atoms with van der Waals surface area (Å²) >= 11 is 6.10. The number of aliphatic imine (C=N–C) groups is 1. The normalized spacial score (nSPS) is 19.1. The van der Waals surface area contributed by atoms with Crippen LogP contribution in [-0.4, -0.2) is 32.3 Å². The predicted molar refractivity (Wildman–Crippen MR) is 66.1 cm³/mol. The second-order valence-electron chi connectivity index (χ2n) is 3.76. The van der Waals surface area contributed by atoms with Crippen molar-refractivity contribution in [3.63, 3.8) is 0 Å². The summed E-state index contributed by atoms with van der Waals surface area (Å²) in [6.45, 7) is 1.28. The highest BCUT2D eigenvalue weighted by molar-refractivity contribution is 6.33. The molecular weight excluding hydrogens is 226 g/mol. The molecule has 1 aromatic carbocycles. The molecule has 1 aliphatic heterocycles. The molecule has 0 saturated heterocycles. The van der Waals surface area contributed by atoms with Crippen LogP contribution in [0.15, 0.2) is 29.3 Å². The Labute approximate surface area is 99.7 Å². The third-order valence-corrected chi connectivity index (χ3v) is 2.80. The summed E-state index contributed by atoms with van der Waals surface area (Å²) in [7, 11) is 1.98. The van der Waals surface area contributed by atoms with Crippen molar-refractivity contribution in [1.82, 2.24) is 0 Å². The zero-order valence-corrected chi connectivity index (χ0v) is 9.81. The first-order valence-electron chi connectivity index (χ1n) is 5.08. The number of halogens is 1. The van der Waals surface area contributed by atoms with E-state index in [4.69, 9.17) is 22.1 Å². The second-order valence-corrected chi connectivity index (χ2v) is 4.17. The molecule has 1 heterocycles. The van der Waals surface area contributed by atoms with Crippen molar-refractivity contribution in [2.24, 2.45) is 10.7 Å². The van der Waals surface area contributed by atoms with Gasteiger partial charge in [0, 0.05) is 13.6 Å². The van der Waals surface area contributed by atoms with Crippen LogP contribution in [0.5, 0.6) is 0 Å². The van der Waals surface area contributed by atoms with Crippen molar-refractivity contribution >= 4 is 23.3 Å². The maximum absolute atomic E-state index is 6.10. The maximum Gasteiger partial charge on any atom is 0.282 e. The Balaban J connectivity index is 2.03. The van der Waals surface area contributed by atoms with Crippen LogP contribution >= 0.6 is 11.6 Å². The molecule has 0 saturated carbocycles. The Morgan fingerprint density at radius 2 is 2.31 bits per heavy atom. The van der Waals surface area contributed by atoms with E-state index >= 15 is 0 Å². The van der Waals surface area contributed by atoms with Crippen LogP contribution in [0.3, 0.4) is 0 Å². The van der Waals surface area contributed by atoms with Gasteiger partial charge in [0.1, 0.15) is 12.6 Å². The number of hydrogen-bond donors (Lipinski definition) is 1. The van der Waals surface area contributed by atoms with Gasteiger partial charge in [0.05, 0.1) is 10.7 Å². The molecule has 86 valence electrons. The number of para-hydroxylation sites is 1. The molecule has 1 aromatic rings. The van der Waals surface area contributed by atoms with Gasteiger partial charge in [-0.1, -0.05) is 23.7 Å². The molecule has 0 aromatic heterocycles. The predicted octanol–water partition coefficient (Wildman–Crippen LogP) is 1.49. The molecule has 0 aliphatic carbocycles. The summed E-state index contributed by atoms with van der Waals surface area (Å²) < 4.78 is 5.10.